The molecular weight excluding hydrogens is 252 g/mol. The summed E-state index contributed by atoms with van der Waals surface area (Å²) in [6, 6.07) is 0. The molecule has 0 fully saturated rings. The molecule has 0 heterocycles. The van der Waals surface area contributed by atoms with Crippen molar-refractivity contribution in [2.75, 3.05) is 19.8 Å². The van der Waals surface area contributed by atoms with E-state index in [1.807, 2.05) is 0 Å². The lowest BCUT2D eigenvalue weighted by Gasteiger charge is -2.36. The number of hydrogen-bond donors (Lipinski definition) is 0. The first-order valence-electron chi connectivity index (χ1n) is 8.01. The van der Waals surface area contributed by atoms with Gasteiger partial charge in [0, 0.05) is 5.41 Å². The zero-order valence-electron chi connectivity index (χ0n) is 14.9. The van der Waals surface area contributed by atoms with Crippen molar-refractivity contribution in [3.05, 3.63) is 0 Å². The van der Waals surface area contributed by atoms with E-state index in [4.69, 9.17) is 14.2 Å². The standard InChI is InChI=1S/C17H36O3/c1-9-15(5)19-12-17(10-2,11-18-14(3)4)13-20-16(6,7)8/h14-15H,9-13H2,1-8H3. The van der Waals surface area contributed by atoms with Gasteiger partial charge in [0.15, 0.2) is 0 Å². The lowest BCUT2D eigenvalue weighted by Crippen LogP contribution is -2.41. The van der Waals surface area contributed by atoms with Crippen molar-refractivity contribution < 1.29 is 14.2 Å². The summed E-state index contributed by atoms with van der Waals surface area (Å²) >= 11 is 0. The first kappa shape index (κ1) is 19.9. The molecule has 0 rings (SSSR count). The molecule has 2 unspecified atom stereocenters. The second kappa shape index (κ2) is 9.01. The normalized spacial score (nSPS) is 17.2. The molecule has 2 atom stereocenters. The van der Waals surface area contributed by atoms with Crippen LogP contribution in [0, 0.1) is 5.41 Å². The Morgan fingerprint density at radius 3 is 1.80 bits per heavy atom. The Morgan fingerprint density at radius 1 is 0.850 bits per heavy atom. The molecule has 0 aliphatic heterocycles. The molecule has 3 nitrogen and oxygen atoms in total. The maximum atomic E-state index is 6.02. The molecule has 3 heteroatoms. The minimum absolute atomic E-state index is 0.0546. The van der Waals surface area contributed by atoms with Crippen LogP contribution in [0.5, 0.6) is 0 Å². The summed E-state index contributed by atoms with van der Waals surface area (Å²) in [4.78, 5) is 0. The molecule has 0 N–H and O–H groups in total. The van der Waals surface area contributed by atoms with E-state index in [1.54, 1.807) is 0 Å². The molecule has 0 amide bonds. The largest absolute Gasteiger partial charge is 0.378 e. The van der Waals surface area contributed by atoms with Crippen LogP contribution in [0.25, 0.3) is 0 Å². The van der Waals surface area contributed by atoms with Crippen molar-refractivity contribution in [2.45, 2.75) is 86.0 Å². The third kappa shape index (κ3) is 8.93. The quantitative estimate of drug-likeness (QED) is 0.595. The van der Waals surface area contributed by atoms with Gasteiger partial charge in [0.05, 0.1) is 37.6 Å². The zero-order chi connectivity index (χ0) is 15.8. The highest BCUT2D eigenvalue weighted by Crippen LogP contribution is 2.27. The molecule has 0 aliphatic rings. The summed E-state index contributed by atoms with van der Waals surface area (Å²) in [7, 11) is 0. The highest BCUT2D eigenvalue weighted by Gasteiger charge is 2.32. The van der Waals surface area contributed by atoms with E-state index >= 15 is 0 Å². The van der Waals surface area contributed by atoms with E-state index in [0.717, 1.165) is 12.8 Å². The van der Waals surface area contributed by atoms with E-state index in [9.17, 15) is 0 Å². The Labute approximate surface area is 126 Å². The fourth-order valence-corrected chi connectivity index (χ4v) is 1.58. The van der Waals surface area contributed by atoms with Crippen LogP contribution < -0.4 is 0 Å². The van der Waals surface area contributed by atoms with Crippen molar-refractivity contribution in [3.8, 4) is 0 Å². The molecule has 0 saturated heterocycles. The smallest absolute Gasteiger partial charge is 0.0598 e. The van der Waals surface area contributed by atoms with Gasteiger partial charge in [-0.05, 0) is 54.4 Å². The molecule has 0 spiro atoms. The SMILES string of the molecule is CCC(C)OCC(CC)(COC(C)C)COC(C)(C)C. The average Bonchev–Trinajstić information content (AvgIpc) is 2.37. The van der Waals surface area contributed by atoms with E-state index in [-0.39, 0.29) is 23.2 Å². The van der Waals surface area contributed by atoms with Gasteiger partial charge < -0.3 is 14.2 Å². The predicted molar refractivity (Wildman–Crippen MR) is 85.2 cm³/mol. The molecule has 0 radical (unpaired) electrons. The summed E-state index contributed by atoms with van der Waals surface area (Å²) < 4.78 is 17.9. The lowest BCUT2D eigenvalue weighted by atomic mass is 9.87. The van der Waals surface area contributed by atoms with Gasteiger partial charge in [-0.25, -0.2) is 0 Å². The van der Waals surface area contributed by atoms with Crippen LogP contribution in [0.3, 0.4) is 0 Å². The van der Waals surface area contributed by atoms with Crippen LogP contribution in [0.15, 0.2) is 0 Å². The third-order valence-electron chi connectivity index (χ3n) is 3.53. The summed E-state index contributed by atoms with van der Waals surface area (Å²) in [6.07, 6.45) is 2.55. The Hall–Kier alpha value is -0.120. The van der Waals surface area contributed by atoms with Crippen molar-refractivity contribution >= 4 is 0 Å². The Morgan fingerprint density at radius 2 is 1.40 bits per heavy atom. The summed E-state index contributed by atoms with van der Waals surface area (Å²) in [6.45, 7) is 18.9. The van der Waals surface area contributed by atoms with Gasteiger partial charge in [-0.15, -0.1) is 0 Å². The topological polar surface area (TPSA) is 27.7 Å². The summed E-state index contributed by atoms with van der Waals surface area (Å²) in [5.74, 6) is 0. The van der Waals surface area contributed by atoms with Gasteiger partial charge in [0.25, 0.3) is 0 Å². The zero-order valence-corrected chi connectivity index (χ0v) is 14.9. The monoisotopic (exact) mass is 288 g/mol. The highest BCUT2D eigenvalue weighted by molar-refractivity contribution is 4.80. The Balaban J connectivity index is 4.68. The first-order valence-corrected chi connectivity index (χ1v) is 8.01. The van der Waals surface area contributed by atoms with Crippen LogP contribution in [-0.2, 0) is 14.2 Å². The van der Waals surface area contributed by atoms with E-state index in [2.05, 4.69) is 55.4 Å². The first-order chi connectivity index (χ1) is 9.14. The molecule has 0 aromatic heterocycles. The van der Waals surface area contributed by atoms with Crippen LogP contribution in [-0.4, -0.2) is 37.6 Å². The van der Waals surface area contributed by atoms with Crippen LogP contribution >= 0.6 is 0 Å². The van der Waals surface area contributed by atoms with Crippen LogP contribution in [0.4, 0.5) is 0 Å². The number of ether oxygens (including phenoxy) is 3. The fourth-order valence-electron chi connectivity index (χ4n) is 1.58. The summed E-state index contributed by atoms with van der Waals surface area (Å²) in [5, 5.41) is 0. The van der Waals surface area contributed by atoms with Gasteiger partial charge in [-0.1, -0.05) is 13.8 Å². The van der Waals surface area contributed by atoms with Gasteiger partial charge in [0.1, 0.15) is 0 Å². The fraction of sp³-hybridized carbons (Fsp3) is 1.00. The maximum Gasteiger partial charge on any atom is 0.0598 e. The molecule has 0 aromatic rings. The average molecular weight is 288 g/mol. The molecule has 0 saturated carbocycles. The number of hydrogen-bond acceptors (Lipinski definition) is 3. The van der Waals surface area contributed by atoms with Gasteiger partial charge in [-0.2, -0.15) is 0 Å². The predicted octanol–water partition coefficient (Wildman–Crippen LogP) is 4.44. The van der Waals surface area contributed by atoms with Gasteiger partial charge >= 0.3 is 0 Å². The van der Waals surface area contributed by atoms with Crippen molar-refractivity contribution in [3.63, 3.8) is 0 Å². The minimum atomic E-state index is -0.130. The van der Waals surface area contributed by atoms with Crippen molar-refractivity contribution in [2.24, 2.45) is 5.41 Å². The number of rotatable bonds is 10. The highest BCUT2D eigenvalue weighted by atomic mass is 16.5. The second-order valence-electron chi connectivity index (χ2n) is 7.14. The van der Waals surface area contributed by atoms with Crippen LogP contribution in [0.2, 0.25) is 0 Å². The minimum Gasteiger partial charge on any atom is -0.378 e. The summed E-state index contributed by atoms with van der Waals surface area (Å²) in [5.41, 5.74) is -0.185. The van der Waals surface area contributed by atoms with Crippen molar-refractivity contribution in [1.82, 2.24) is 0 Å². The van der Waals surface area contributed by atoms with E-state index < -0.39 is 0 Å². The molecule has 0 aliphatic carbocycles. The molecule has 0 bridgehead atoms. The Bertz CT molecular complexity index is 245. The second-order valence-corrected chi connectivity index (χ2v) is 7.14. The maximum absolute atomic E-state index is 6.02. The molecule has 20 heavy (non-hydrogen) atoms. The van der Waals surface area contributed by atoms with Gasteiger partial charge in [0.2, 0.25) is 0 Å². The Kier molecular flexibility index (Phi) is 8.96. The van der Waals surface area contributed by atoms with E-state index in [1.165, 1.54) is 0 Å². The third-order valence-corrected chi connectivity index (χ3v) is 3.53. The van der Waals surface area contributed by atoms with Crippen LogP contribution in [0.1, 0.15) is 68.2 Å². The van der Waals surface area contributed by atoms with Crippen molar-refractivity contribution in [1.29, 1.82) is 0 Å². The molecule has 122 valence electrons. The van der Waals surface area contributed by atoms with E-state index in [0.29, 0.717) is 19.8 Å². The van der Waals surface area contributed by atoms with Gasteiger partial charge in [-0.3, -0.25) is 0 Å². The molecule has 0 aromatic carbocycles. The molecular formula is C17H36O3. The lowest BCUT2D eigenvalue weighted by molar-refractivity contribution is -0.124.